The highest BCUT2D eigenvalue weighted by molar-refractivity contribution is 5.92. The summed E-state index contributed by atoms with van der Waals surface area (Å²) in [6.45, 7) is 10.7. The minimum Gasteiger partial charge on any atom is -0.355 e. The number of carbonyl (C=O) groups excluding carboxylic acids is 1. The van der Waals surface area contributed by atoms with Crippen molar-refractivity contribution in [1.29, 1.82) is 0 Å². The molecule has 0 radical (unpaired) electrons. The molecule has 130 valence electrons. The van der Waals surface area contributed by atoms with Crippen LogP contribution < -0.4 is 10.2 Å². The van der Waals surface area contributed by atoms with Crippen LogP contribution in [0.25, 0.3) is 0 Å². The standard InChI is InChI=1S/C18H30N4O.H2/c1-5-14(4)19-18(23)16-6-7-17(21-20-16)22-10-8-15(9-11-22)12-13(2)3;/h6-7,13-15H,5,8-12H2,1-4H3,(H,19,23);1H. The van der Waals surface area contributed by atoms with Gasteiger partial charge in [0.15, 0.2) is 11.5 Å². The first-order valence-electron chi connectivity index (χ1n) is 8.89. The van der Waals surface area contributed by atoms with Gasteiger partial charge in [0, 0.05) is 20.6 Å². The molecule has 1 amide bonds. The molecule has 2 rings (SSSR count). The Bertz CT molecular complexity index is 498. The number of carbonyl (C=O) groups is 1. The summed E-state index contributed by atoms with van der Waals surface area (Å²) in [7, 11) is 0. The van der Waals surface area contributed by atoms with E-state index in [-0.39, 0.29) is 13.4 Å². The second kappa shape index (κ2) is 8.27. The van der Waals surface area contributed by atoms with Gasteiger partial charge in [-0.25, -0.2) is 0 Å². The molecule has 1 fully saturated rings. The number of anilines is 1. The zero-order chi connectivity index (χ0) is 16.8. The lowest BCUT2D eigenvalue weighted by Crippen LogP contribution is -2.35. The van der Waals surface area contributed by atoms with Crippen molar-refractivity contribution in [2.24, 2.45) is 11.8 Å². The van der Waals surface area contributed by atoms with Gasteiger partial charge in [-0.3, -0.25) is 4.79 Å². The molecule has 1 unspecified atom stereocenters. The minimum atomic E-state index is -0.144. The highest BCUT2D eigenvalue weighted by Gasteiger charge is 2.21. The van der Waals surface area contributed by atoms with Crippen LogP contribution in [0.5, 0.6) is 0 Å². The van der Waals surface area contributed by atoms with Crippen molar-refractivity contribution >= 4 is 11.7 Å². The van der Waals surface area contributed by atoms with Gasteiger partial charge >= 0.3 is 0 Å². The maximum atomic E-state index is 12.0. The number of nitrogens with zero attached hydrogens (tertiary/aromatic N) is 3. The third-order valence-electron chi connectivity index (χ3n) is 4.62. The Hall–Kier alpha value is -1.65. The van der Waals surface area contributed by atoms with E-state index in [0.717, 1.165) is 37.2 Å². The van der Waals surface area contributed by atoms with Gasteiger partial charge in [-0.15, -0.1) is 10.2 Å². The molecule has 1 aromatic rings. The first-order chi connectivity index (χ1) is 11.0. The predicted molar refractivity (Wildman–Crippen MR) is 95.8 cm³/mol. The average molecular weight is 320 g/mol. The van der Waals surface area contributed by atoms with Crippen LogP contribution in [0.2, 0.25) is 0 Å². The van der Waals surface area contributed by atoms with Crippen molar-refractivity contribution < 1.29 is 6.22 Å². The van der Waals surface area contributed by atoms with Gasteiger partial charge in [0.2, 0.25) is 0 Å². The molecule has 5 nitrogen and oxygen atoms in total. The van der Waals surface area contributed by atoms with E-state index in [1.54, 1.807) is 6.07 Å². The Kier molecular flexibility index (Phi) is 6.37. The maximum absolute atomic E-state index is 12.0. The number of hydrogen-bond acceptors (Lipinski definition) is 4. The third kappa shape index (κ3) is 5.19. The number of piperidine rings is 1. The fourth-order valence-electron chi connectivity index (χ4n) is 3.08. The Labute approximate surface area is 141 Å². The molecule has 0 aliphatic carbocycles. The number of aromatic nitrogens is 2. The van der Waals surface area contributed by atoms with Crippen molar-refractivity contribution in [1.82, 2.24) is 15.5 Å². The number of hydrogen-bond donors (Lipinski definition) is 1. The maximum Gasteiger partial charge on any atom is 0.272 e. The zero-order valence-electron chi connectivity index (χ0n) is 14.9. The summed E-state index contributed by atoms with van der Waals surface area (Å²) in [6, 6.07) is 3.85. The first kappa shape index (κ1) is 17.7. The monoisotopic (exact) mass is 320 g/mol. The molecule has 0 bridgehead atoms. The van der Waals surface area contributed by atoms with Crippen LogP contribution in [0.4, 0.5) is 5.82 Å². The van der Waals surface area contributed by atoms with E-state index in [4.69, 9.17) is 0 Å². The Balaban J connectivity index is 0.00000288. The fourth-order valence-corrected chi connectivity index (χ4v) is 3.08. The summed E-state index contributed by atoms with van der Waals surface area (Å²) in [4.78, 5) is 14.3. The lowest BCUT2D eigenvalue weighted by molar-refractivity contribution is 0.0933. The van der Waals surface area contributed by atoms with Crippen LogP contribution in [0.3, 0.4) is 0 Å². The molecular formula is C18H32N4O. The average Bonchev–Trinajstić information content (AvgIpc) is 2.55. The minimum absolute atomic E-state index is 0. The molecule has 1 aliphatic heterocycles. The van der Waals surface area contributed by atoms with Crippen LogP contribution in [0, 0.1) is 11.8 Å². The summed E-state index contributed by atoms with van der Waals surface area (Å²) in [5.41, 5.74) is 0.392. The van der Waals surface area contributed by atoms with Crippen LogP contribution >= 0.6 is 0 Å². The molecule has 1 aromatic heterocycles. The quantitative estimate of drug-likeness (QED) is 0.871. The molecule has 0 saturated carbocycles. The Morgan fingerprint density at radius 2 is 2.00 bits per heavy atom. The molecule has 23 heavy (non-hydrogen) atoms. The summed E-state index contributed by atoms with van der Waals surface area (Å²) < 4.78 is 0. The molecule has 2 heterocycles. The summed E-state index contributed by atoms with van der Waals surface area (Å²) >= 11 is 0. The van der Waals surface area contributed by atoms with E-state index in [0.29, 0.717) is 5.69 Å². The second-order valence-electron chi connectivity index (χ2n) is 7.12. The van der Waals surface area contributed by atoms with Gasteiger partial charge in [-0.1, -0.05) is 20.8 Å². The highest BCUT2D eigenvalue weighted by atomic mass is 16.2. The molecule has 1 aliphatic rings. The Morgan fingerprint density at radius 3 is 2.52 bits per heavy atom. The van der Waals surface area contributed by atoms with Crippen LogP contribution in [-0.2, 0) is 0 Å². The Morgan fingerprint density at radius 1 is 1.30 bits per heavy atom. The lowest BCUT2D eigenvalue weighted by Gasteiger charge is -2.33. The van der Waals surface area contributed by atoms with Gasteiger partial charge in [0.1, 0.15) is 0 Å². The third-order valence-corrected chi connectivity index (χ3v) is 4.62. The smallest absolute Gasteiger partial charge is 0.272 e. The summed E-state index contributed by atoms with van der Waals surface area (Å²) in [6.07, 6.45) is 4.66. The largest absolute Gasteiger partial charge is 0.355 e. The van der Waals surface area contributed by atoms with Gasteiger partial charge in [-0.05, 0) is 56.6 Å². The van der Waals surface area contributed by atoms with Crippen molar-refractivity contribution in [3.05, 3.63) is 17.8 Å². The van der Waals surface area contributed by atoms with Gasteiger partial charge in [-0.2, -0.15) is 0 Å². The van der Waals surface area contributed by atoms with Crippen molar-refractivity contribution in [2.75, 3.05) is 18.0 Å². The number of amides is 1. The van der Waals surface area contributed by atoms with E-state index in [2.05, 4.69) is 34.3 Å². The van der Waals surface area contributed by atoms with Gasteiger partial charge in [0.25, 0.3) is 5.91 Å². The van der Waals surface area contributed by atoms with Crippen molar-refractivity contribution in [2.45, 2.75) is 59.4 Å². The zero-order valence-corrected chi connectivity index (χ0v) is 14.9. The van der Waals surface area contributed by atoms with Gasteiger partial charge in [0.05, 0.1) is 0 Å². The topological polar surface area (TPSA) is 58.1 Å². The lowest BCUT2D eigenvalue weighted by atomic mass is 9.89. The van der Waals surface area contributed by atoms with E-state index in [9.17, 15) is 4.79 Å². The van der Waals surface area contributed by atoms with E-state index in [1.807, 2.05) is 19.9 Å². The number of nitrogens with one attached hydrogen (secondary N) is 1. The molecule has 1 saturated heterocycles. The van der Waals surface area contributed by atoms with Crippen molar-refractivity contribution in [3.63, 3.8) is 0 Å². The van der Waals surface area contributed by atoms with E-state index in [1.165, 1.54) is 19.3 Å². The normalized spacial score (nSPS) is 17.3. The molecule has 0 spiro atoms. The summed E-state index contributed by atoms with van der Waals surface area (Å²) in [5, 5.41) is 11.3. The van der Waals surface area contributed by atoms with E-state index >= 15 is 0 Å². The van der Waals surface area contributed by atoms with Crippen LogP contribution in [0.15, 0.2) is 12.1 Å². The van der Waals surface area contributed by atoms with Crippen molar-refractivity contribution in [3.8, 4) is 0 Å². The van der Waals surface area contributed by atoms with Gasteiger partial charge < -0.3 is 10.2 Å². The molecule has 1 atom stereocenters. The molecule has 0 aromatic carbocycles. The SMILES string of the molecule is CCC(C)NC(=O)c1ccc(N2CCC(CC(C)C)CC2)nn1.[HH]. The summed E-state index contributed by atoms with van der Waals surface area (Å²) in [5.74, 6) is 2.34. The molecular weight excluding hydrogens is 288 g/mol. The first-order valence-corrected chi connectivity index (χ1v) is 8.89. The molecule has 1 N–H and O–H groups in total. The van der Waals surface area contributed by atoms with Crippen LogP contribution in [0.1, 0.15) is 65.3 Å². The van der Waals surface area contributed by atoms with Crippen LogP contribution in [-0.4, -0.2) is 35.2 Å². The molecule has 5 heteroatoms. The highest BCUT2D eigenvalue weighted by Crippen LogP contribution is 2.26. The second-order valence-corrected chi connectivity index (χ2v) is 7.12. The number of rotatable bonds is 6. The predicted octanol–water partition coefficient (Wildman–Crippen LogP) is 3.51. The fraction of sp³-hybridized carbons (Fsp3) is 0.722. The van der Waals surface area contributed by atoms with E-state index < -0.39 is 0 Å².